The van der Waals surface area contributed by atoms with Crippen molar-refractivity contribution in [1.29, 1.82) is 0 Å². The molecule has 1 heterocycles. The van der Waals surface area contributed by atoms with Crippen molar-refractivity contribution in [3.05, 3.63) is 12.3 Å². The van der Waals surface area contributed by atoms with Gasteiger partial charge in [0.25, 0.3) is 0 Å². The molecule has 10 heavy (non-hydrogen) atoms. The highest BCUT2D eigenvalue weighted by atomic mass is 16.3. The van der Waals surface area contributed by atoms with E-state index in [0.717, 1.165) is 19.5 Å². The summed E-state index contributed by atoms with van der Waals surface area (Å²) in [5, 5.41) is 12.3. The maximum absolute atomic E-state index is 9.06. The Bertz CT molecular complexity index is 133. The molecule has 0 aliphatic carbocycles. The Morgan fingerprint density at radius 2 is 2.30 bits per heavy atom. The maximum atomic E-state index is 9.06. The van der Waals surface area contributed by atoms with Crippen LogP contribution in [0.4, 0.5) is 0 Å². The van der Waals surface area contributed by atoms with Crippen LogP contribution in [0.1, 0.15) is 13.3 Å². The molecule has 2 heteroatoms. The van der Waals surface area contributed by atoms with Crippen molar-refractivity contribution < 1.29 is 5.11 Å². The smallest absolute Gasteiger partial charge is 0.0894 e. The van der Waals surface area contributed by atoms with Gasteiger partial charge < -0.3 is 10.4 Å². The molecule has 2 nitrogen and oxygen atoms in total. The van der Waals surface area contributed by atoms with Crippen LogP contribution in [0.15, 0.2) is 12.3 Å². The normalized spacial score (nSPS) is 33.7. The maximum Gasteiger partial charge on any atom is 0.0894 e. The van der Waals surface area contributed by atoms with E-state index in [0.29, 0.717) is 11.7 Å². The molecule has 0 aromatic carbocycles. The Kier molecular flexibility index (Phi) is 2.33. The van der Waals surface area contributed by atoms with Crippen LogP contribution in [0, 0.1) is 11.8 Å². The van der Waals surface area contributed by atoms with Gasteiger partial charge >= 0.3 is 0 Å². The van der Waals surface area contributed by atoms with E-state index < -0.39 is 0 Å². The van der Waals surface area contributed by atoms with Crippen molar-refractivity contribution in [2.24, 2.45) is 11.8 Å². The highest BCUT2D eigenvalue weighted by Crippen LogP contribution is 2.19. The van der Waals surface area contributed by atoms with E-state index in [4.69, 9.17) is 5.11 Å². The van der Waals surface area contributed by atoms with Gasteiger partial charge in [0.05, 0.1) is 5.76 Å². The number of piperidine rings is 1. The molecule has 0 spiro atoms. The van der Waals surface area contributed by atoms with Gasteiger partial charge in [-0.25, -0.2) is 0 Å². The molecule has 0 aromatic heterocycles. The van der Waals surface area contributed by atoms with Crippen molar-refractivity contribution >= 4 is 0 Å². The van der Waals surface area contributed by atoms with Gasteiger partial charge in [0.2, 0.25) is 0 Å². The number of aliphatic hydroxyl groups is 1. The zero-order chi connectivity index (χ0) is 7.56. The van der Waals surface area contributed by atoms with Gasteiger partial charge in [-0.05, 0) is 18.9 Å². The summed E-state index contributed by atoms with van der Waals surface area (Å²) in [6.07, 6.45) is 1.07. The largest absolute Gasteiger partial charge is 0.513 e. The number of nitrogens with one attached hydrogen (secondary N) is 1. The molecule has 0 radical (unpaired) electrons. The lowest BCUT2D eigenvalue weighted by Gasteiger charge is -2.26. The lowest BCUT2D eigenvalue weighted by atomic mass is 9.91. The summed E-state index contributed by atoms with van der Waals surface area (Å²) in [6, 6.07) is 0. The van der Waals surface area contributed by atoms with Crippen molar-refractivity contribution in [1.82, 2.24) is 5.32 Å². The van der Waals surface area contributed by atoms with E-state index in [1.807, 2.05) is 0 Å². The minimum absolute atomic E-state index is 0.281. The SMILES string of the molecule is C=C(O)C1CNCC(C)C1. The second kappa shape index (κ2) is 3.06. The average Bonchev–Trinajstić information content (AvgIpc) is 1.88. The second-order valence-corrected chi connectivity index (χ2v) is 3.19. The number of aliphatic hydroxyl groups excluding tert-OH is 1. The molecule has 0 aromatic rings. The van der Waals surface area contributed by atoms with Crippen LogP contribution in [-0.4, -0.2) is 18.2 Å². The topological polar surface area (TPSA) is 32.3 Å². The summed E-state index contributed by atoms with van der Waals surface area (Å²) in [5.74, 6) is 1.28. The third-order valence-corrected chi connectivity index (χ3v) is 2.04. The van der Waals surface area contributed by atoms with Crippen LogP contribution in [-0.2, 0) is 0 Å². The first kappa shape index (κ1) is 7.61. The van der Waals surface area contributed by atoms with E-state index in [1.165, 1.54) is 0 Å². The lowest BCUT2D eigenvalue weighted by Crippen LogP contribution is -2.35. The molecule has 0 amide bonds. The zero-order valence-electron chi connectivity index (χ0n) is 6.43. The molecule has 1 rings (SSSR count). The van der Waals surface area contributed by atoms with Crippen LogP contribution < -0.4 is 5.32 Å². The van der Waals surface area contributed by atoms with Gasteiger partial charge in [0.1, 0.15) is 0 Å². The zero-order valence-corrected chi connectivity index (χ0v) is 6.43. The third-order valence-electron chi connectivity index (χ3n) is 2.04. The molecule has 2 N–H and O–H groups in total. The minimum atomic E-state index is 0.281. The van der Waals surface area contributed by atoms with E-state index in [2.05, 4.69) is 18.8 Å². The quantitative estimate of drug-likeness (QED) is 0.539. The fourth-order valence-corrected chi connectivity index (χ4v) is 1.41. The predicted molar refractivity (Wildman–Crippen MR) is 41.9 cm³/mol. The predicted octanol–water partition coefficient (Wildman–Crippen LogP) is 1.30. The number of rotatable bonds is 1. The summed E-state index contributed by atoms with van der Waals surface area (Å²) < 4.78 is 0. The molecule has 0 bridgehead atoms. The molecule has 1 aliphatic heterocycles. The molecule has 1 aliphatic rings. The molecule has 58 valence electrons. The van der Waals surface area contributed by atoms with Crippen LogP contribution in [0.5, 0.6) is 0 Å². The Morgan fingerprint density at radius 3 is 2.70 bits per heavy atom. The number of hydrogen-bond donors (Lipinski definition) is 2. The Labute approximate surface area is 61.9 Å². The lowest BCUT2D eigenvalue weighted by molar-refractivity contribution is 0.253. The summed E-state index contributed by atoms with van der Waals surface area (Å²) in [5.41, 5.74) is 0. The fourth-order valence-electron chi connectivity index (χ4n) is 1.41. The van der Waals surface area contributed by atoms with Gasteiger partial charge in [0, 0.05) is 12.5 Å². The molecule has 2 unspecified atom stereocenters. The molecule has 0 saturated carbocycles. The highest BCUT2D eigenvalue weighted by molar-refractivity contribution is 4.93. The molecule has 1 fully saturated rings. The van der Waals surface area contributed by atoms with E-state index in [1.54, 1.807) is 0 Å². The Morgan fingerprint density at radius 1 is 1.60 bits per heavy atom. The summed E-state index contributed by atoms with van der Waals surface area (Å²) in [6.45, 7) is 7.67. The first-order valence-electron chi connectivity index (χ1n) is 3.78. The van der Waals surface area contributed by atoms with Gasteiger partial charge in [-0.1, -0.05) is 13.5 Å². The Hall–Kier alpha value is -0.500. The first-order chi connectivity index (χ1) is 4.70. The summed E-state index contributed by atoms with van der Waals surface area (Å²) in [4.78, 5) is 0. The van der Waals surface area contributed by atoms with E-state index in [-0.39, 0.29) is 5.92 Å². The van der Waals surface area contributed by atoms with Crippen molar-refractivity contribution in [3.63, 3.8) is 0 Å². The summed E-state index contributed by atoms with van der Waals surface area (Å²) in [7, 11) is 0. The van der Waals surface area contributed by atoms with Crippen LogP contribution >= 0.6 is 0 Å². The standard InChI is InChI=1S/C8H15NO/c1-6-3-8(7(2)10)5-9-4-6/h6,8-10H,2-5H2,1H3. The van der Waals surface area contributed by atoms with E-state index >= 15 is 0 Å². The van der Waals surface area contributed by atoms with Gasteiger partial charge in [-0.15, -0.1) is 0 Å². The Balaban J connectivity index is 2.39. The molecule has 1 saturated heterocycles. The molecular formula is C8H15NO. The fraction of sp³-hybridized carbons (Fsp3) is 0.750. The van der Waals surface area contributed by atoms with Gasteiger partial charge in [-0.3, -0.25) is 0 Å². The van der Waals surface area contributed by atoms with E-state index in [9.17, 15) is 0 Å². The van der Waals surface area contributed by atoms with Gasteiger partial charge in [0.15, 0.2) is 0 Å². The minimum Gasteiger partial charge on any atom is -0.513 e. The van der Waals surface area contributed by atoms with Crippen LogP contribution in [0.2, 0.25) is 0 Å². The average molecular weight is 141 g/mol. The second-order valence-electron chi connectivity index (χ2n) is 3.19. The highest BCUT2D eigenvalue weighted by Gasteiger charge is 2.19. The first-order valence-corrected chi connectivity index (χ1v) is 3.78. The van der Waals surface area contributed by atoms with Crippen molar-refractivity contribution in [3.8, 4) is 0 Å². The van der Waals surface area contributed by atoms with Gasteiger partial charge in [-0.2, -0.15) is 0 Å². The number of hydrogen-bond acceptors (Lipinski definition) is 2. The summed E-state index contributed by atoms with van der Waals surface area (Å²) >= 11 is 0. The van der Waals surface area contributed by atoms with Crippen molar-refractivity contribution in [2.75, 3.05) is 13.1 Å². The van der Waals surface area contributed by atoms with Crippen molar-refractivity contribution in [2.45, 2.75) is 13.3 Å². The molecule has 2 atom stereocenters. The van der Waals surface area contributed by atoms with Crippen LogP contribution in [0.25, 0.3) is 0 Å². The third kappa shape index (κ3) is 1.74. The van der Waals surface area contributed by atoms with Crippen LogP contribution in [0.3, 0.4) is 0 Å². The monoisotopic (exact) mass is 141 g/mol. The molecular weight excluding hydrogens is 126 g/mol.